The van der Waals surface area contributed by atoms with Crippen LogP contribution in [-0.4, -0.2) is 30.4 Å². The number of fused-ring (bicyclic) bond motifs is 1. The van der Waals surface area contributed by atoms with Crippen LogP contribution in [0.25, 0.3) is 22.3 Å². The lowest BCUT2D eigenvalue weighted by Crippen LogP contribution is -2.34. The second-order valence-electron chi connectivity index (χ2n) is 9.14. The molecule has 2 saturated carbocycles. The number of halogens is 3. The third-order valence-corrected chi connectivity index (χ3v) is 8.26. The molecule has 1 N–H and O–H groups in total. The van der Waals surface area contributed by atoms with Gasteiger partial charge in [0, 0.05) is 29.7 Å². The first kappa shape index (κ1) is 23.6. The largest absolute Gasteiger partial charge is 0.573 e. The SMILES string of the molecule is C[C@H](NS(=O)(=O)c1ccc(-c2c(C#N)c3ccc(OC(F)(F)F)cc3n2C2CCC2)nc1)C1CC1. The number of benzene rings is 1. The zero-order valence-corrected chi connectivity index (χ0v) is 19.7. The molecule has 0 saturated heterocycles. The third-order valence-electron chi connectivity index (χ3n) is 6.72. The maximum Gasteiger partial charge on any atom is 0.573 e. The molecule has 2 heterocycles. The van der Waals surface area contributed by atoms with E-state index in [1.165, 1.54) is 36.5 Å². The first-order chi connectivity index (χ1) is 16.6. The molecule has 0 aliphatic heterocycles. The van der Waals surface area contributed by atoms with Crippen LogP contribution in [0.2, 0.25) is 0 Å². The Morgan fingerprint density at radius 2 is 1.94 bits per heavy atom. The van der Waals surface area contributed by atoms with Crippen molar-refractivity contribution in [3.05, 3.63) is 42.1 Å². The predicted octanol–water partition coefficient (Wildman–Crippen LogP) is 5.28. The minimum atomic E-state index is -4.84. The Morgan fingerprint density at radius 3 is 2.49 bits per heavy atom. The van der Waals surface area contributed by atoms with Crippen LogP contribution in [0.15, 0.2) is 41.4 Å². The van der Waals surface area contributed by atoms with E-state index in [2.05, 4.69) is 20.5 Å². The number of nitrogens with zero attached hydrogens (tertiary/aromatic N) is 3. The summed E-state index contributed by atoms with van der Waals surface area (Å²) in [6, 6.07) is 8.86. The Labute approximate surface area is 200 Å². The summed E-state index contributed by atoms with van der Waals surface area (Å²) in [5.74, 6) is -0.0241. The molecule has 0 spiro atoms. The summed E-state index contributed by atoms with van der Waals surface area (Å²) < 4.78 is 72.6. The van der Waals surface area contributed by atoms with Crippen molar-refractivity contribution in [3.63, 3.8) is 0 Å². The molecule has 7 nitrogen and oxygen atoms in total. The highest BCUT2D eigenvalue weighted by Crippen LogP contribution is 2.43. The van der Waals surface area contributed by atoms with Gasteiger partial charge < -0.3 is 9.30 Å². The average Bonchev–Trinajstić information content (AvgIpc) is 3.55. The summed E-state index contributed by atoms with van der Waals surface area (Å²) in [5.41, 5.74) is 1.55. The van der Waals surface area contributed by atoms with E-state index >= 15 is 0 Å². The summed E-state index contributed by atoms with van der Waals surface area (Å²) in [6.07, 6.45) is 0.983. The molecule has 11 heteroatoms. The maximum absolute atomic E-state index is 12.8. The van der Waals surface area contributed by atoms with Crippen molar-refractivity contribution >= 4 is 20.9 Å². The highest BCUT2D eigenvalue weighted by molar-refractivity contribution is 7.89. The average molecular weight is 505 g/mol. The highest BCUT2D eigenvalue weighted by atomic mass is 32.2. The molecule has 35 heavy (non-hydrogen) atoms. The van der Waals surface area contributed by atoms with Gasteiger partial charge in [0.15, 0.2) is 0 Å². The van der Waals surface area contributed by atoms with Crippen LogP contribution in [-0.2, 0) is 10.0 Å². The molecule has 1 aromatic carbocycles. The van der Waals surface area contributed by atoms with Gasteiger partial charge in [-0.25, -0.2) is 13.1 Å². The Balaban J connectivity index is 1.58. The third kappa shape index (κ3) is 4.60. The molecule has 184 valence electrons. The molecule has 0 amide bonds. The van der Waals surface area contributed by atoms with Crippen molar-refractivity contribution in [2.45, 2.75) is 62.4 Å². The lowest BCUT2D eigenvalue weighted by atomic mass is 9.92. The zero-order chi connectivity index (χ0) is 25.0. The van der Waals surface area contributed by atoms with E-state index in [0.29, 0.717) is 28.2 Å². The fourth-order valence-corrected chi connectivity index (χ4v) is 5.82. The summed E-state index contributed by atoms with van der Waals surface area (Å²) >= 11 is 0. The van der Waals surface area contributed by atoms with Crippen LogP contribution in [0, 0.1) is 17.2 Å². The molecule has 0 unspecified atom stereocenters. The van der Waals surface area contributed by atoms with Gasteiger partial charge >= 0.3 is 6.36 Å². The van der Waals surface area contributed by atoms with Crippen molar-refractivity contribution in [3.8, 4) is 23.2 Å². The van der Waals surface area contributed by atoms with E-state index in [1.807, 2.05) is 11.5 Å². The summed E-state index contributed by atoms with van der Waals surface area (Å²) in [6.45, 7) is 1.84. The van der Waals surface area contributed by atoms with Gasteiger partial charge in [0.1, 0.15) is 16.7 Å². The van der Waals surface area contributed by atoms with Crippen molar-refractivity contribution in [1.82, 2.24) is 14.3 Å². The molecule has 1 atom stereocenters. The van der Waals surface area contributed by atoms with Gasteiger partial charge in [-0.15, -0.1) is 13.2 Å². The van der Waals surface area contributed by atoms with Gasteiger partial charge in [0.25, 0.3) is 0 Å². The van der Waals surface area contributed by atoms with Crippen molar-refractivity contribution < 1.29 is 26.3 Å². The first-order valence-electron chi connectivity index (χ1n) is 11.4. The molecule has 2 aliphatic carbocycles. The molecule has 2 fully saturated rings. The Hall–Kier alpha value is -3.10. The number of hydrogen-bond donors (Lipinski definition) is 1. The second-order valence-corrected chi connectivity index (χ2v) is 10.9. The molecule has 0 radical (unpaired) electrons. The van der Waals surface area contributed by atoms with Gasteiger partial charge in [-0.3, -0.25) is 4.98 Å². The lowest BCUT2D eigenvalue weighted by molar-refractivity contribution is -0.274. The summed E-state index contributed by atoms with van der Waals surface area (Å²) in [7, 11) is -3.75. The quantitative estimate of drug-likeness (QED) is 0.473. The summed E-state index contributed by atoms with van der Waals surface area (Å²) in [5, 5.41) is 10.4. The van der Waals surface area contributed by atoms with Gasteiger partial charge in [-0.2, -0.15) is 5.26 Å². The normalized spacial score (nSPS) is 17.7. The number of nitriles is 1. The van der Waals surface area contributed by atoms with E-state index in [1.54, 1.807) is 0 Å². The monoisotopic (exact) mass is 504 g/mol. The van der Waals surface area contributed by atoms with E-state index in [0.717, 1.165) is 32.1 Å². The van der Waals surface area contributed by atoms with Crippen LogP contribution >= 0.6 is 0 Å². The Bertz CT molecular complexity index is 1420. The maximum atomic E-state index is 12.8. The number of rotatable bonds is 7. The smallest absolute Gasteiger partial charge is 0.406 e. The van der Waals surface area contributed by atoms with E-state index in [9.17, 15) is 26.9 Å². The predicted molar refractivity (Wildman–Crippen MR) is 122 cm³/mol. The number of pyridine rings is 1. The van der Waals surface area contributed by atoms with Gasteiger partial charge in [-0.05, 0) is 69.2 Å². The minimum absolute atomic E-state index is 0.0120. The molecular weight excluding hydrogens is 481 g/mol. The Kier molecular flexibility index (Phi) is 5.76. The number of sulfonamides is 1. The van der Waals surface area contributed by atoms with Gasteiger partial charge in [-0.1, -0.05) is 0 Å². The fraction of sp³-hybridized carbons (Fsp3) is 0.417. The number of hydrogen-bond acceptors (Lipinski definition) is 5. The van der Waals surface area contributed by atoms with Crippen LogP contribution in [0.5, 0.6) is 5.75 Å². The molecule has 0 bridgehead atoms. The molecule has 3 aromatic rings. The molecule has 5 rings (SSSR count). The molecule has 2 aliphatic rings. The topological polar surface area (TPSA) is 97.0 Å². The second kappa shape index (κ2) is 8.53. The number of nitrogens with one attached hydrogen (secondary N) is 1. The van der Waals surface area contributed by atoms with Crippen LogP contribution in [0.3, 0.4) is 0 Å². The Morgan fingerprint density at radius 1 is 1.20 bits per heavy atom. The molecule has 2 aromatic heterocycles. The van der Waals surface area contributed by atoms with Crippen LogP contribution < -0.4 is 9.46 Å². The van der Waals surface area contributed by atoms with Gasteiger partial charge in [0.05, 0.1) is 22.5 Å². The van der Waals surface area contributed by atoms with E-state index < -0.39 is 16.4 Å². The zero-order valence-electron chi connectivity index (χ0n) is 18.8. The number of ether oxygens (including phenoxy) is 1. The first-order valence-corrected chi connectivity index (χ1v) is 12.9. The van der Waals surface area contributed by atoms with Crippen molar-refractivity contribution in [1.29, 1.82) is 5.26 Å². The number of alkyl halides is 3. The van der Waals surface area contributed by atoms with Crippen molar-refractivity contribution in [2.75, 3.05) is 0 Å². The van der Waals surface area contributed by atoms with Crippen LogP contribution in [0.4, 0.5) is 13.2 Å². The lowest BCUT2D eigenvalue weighted by Gasteiger charge is -2.30. The van der Waals surface area contributed by atoms with Crippen LogP contribution in [0.1, 0.15) is 50.6 Å². The summed E-state index contributed by atoms with van der Waals surface area (Å²) in [4.78, 5) is 4.38. The van der Waals surface area contributed by atoms with Gasteiger partial charge in [0.2, 0.25) is 10.0 Å². The minimum Gasteiger partial charge on any atom is -0.406 e. The standard InChI is InChI=1S/C24H23F3N4O3S/c1-14(15-5-6-15)30-35(32,33)18-8-10-21(29-13-18)23-20(12-28)19-9-7-17(34-24(25,26)27)11-22(19)31(23)16-3-2-4-16/h7-11,13-16,30H,2-6H2,1H3/t14-/m0/s1. The van der Waals surface area contributed by atoms with E-state index in [4.69, 9.17) is 0 Å². The number of aromatic nitrogens is 2. The fourth-order valence-electron chi connectivity index (χ4n) is 4.56. The highest BCUT2D eigenvalue weighted by Gasteiger charge is 2.34. The molecular formula is C24H23F3N4O3S. The van der Waals surface area contributed by atoms with Crippen molar-refractivity contribution in [2.24, 2.45) is 5.92 Å². The van der Waals surface area contributed by atoms with E-state index in [-0.39, 0.29) is 28.3 Å².